The number of ether oxygens (including phenoxy) is 2. The lowest BCUT2D eigenvalue weighted by Gasteiger charge is -2.09. The number of rotatable bonds is 5. The van der Waals surface area contributed by atoms with Crippen molar-refractivity contribution in [2.24, 2.45) is 0 Å². The van der Waals surface area contributed by atoms with E-state index in [4.69, 9.17) is 15.2 Å². The molecule has 0 unspecified atom stereocenters. The standard InChI is InChI=1S/C22H17FN2O3S/c1-27-17-10-5-13(11-18(17)28-2)16-9-8-15-19(24)21(29-22(15)25-16)20(26)12-3-6-14(23)7-4-12/h3-11H,24H2,1-2H3. The summed E-state index contributed by atoms with van der Waals surface area (Å²) in [6.45, 7) is 0. The summed E-state index contributed by atoms with van der Waals surface area (Å²) in [6.07, 6.45) is 0. The van der Waals surface area contributed by atoms with Gasteiger partial charge in [0.15, 0.2) is 11.5 Å². The molecule has 0 aliphatic heterocycles. The number of methoxy groups -OCH3 is 2. The second kappa shape index (κ2) is 7.52. The monoisotopic (exact) mass is 408 g/mol. The van der Waals surface area contributed by atoms with E-state index in [1.165, 1.54) is 35.6 Å². The molecule has 29 heavy (non-hydrogen) atoms. The molecule has 0 radical (unpaired) electrons. The van der Waals surface area contributed by atoms with Crippen LogP contribution in [0, 0.1) is 5.82 Å². The molecule has 0 saturated carbocycles. The molecular formula is C22H17FN2O3S. The normalized spacial score (nSPS) is 10.9. The third-order valence-corrected chi connectivity index (χ3v) is 5.70. The maximum Gasteiger partial charge on any atom is 0.205 e. The molecule has 0 aliphatic rings. The summed E-state index contributed by atoms with van der Waals surface area (Å²) in [7, 11) is 3.15. The van der Waals surface area contributed by atoms with E-state index in [1.807, 2.05) is 30.3 Å². The number of thiophene rings is 1. The van der Waals surface area contributed by atoms with Crippen molar-refractivity contribution in [3.63, 3.8) is 0 Å². The first kappa shape index (κ1) is 18.9. The Morgan fingerprint density at radius 3 is 2.41 bits per heavy atom. The Hall–Kier alpha value is -3.45. The van der Waals surface area contributed by atoms with Crippen molar-refractivity contribution >= 4 is 33.0 Å². The van der Waals surface area contributed by atoms with E-state index in [2.05, 4.69) is 4.98 Å². The maximum atomic E-state index is 13.1. The van der Waals surface area contributed by atoms with Crippen molar-refractivity contribution in [3.8, 4) is 22.8 Å². The van der Waals surface area contributed by atoms with Crippen LogP contribution in [0.3, 0.4) is 0 Å². The molecule has 4 rings (SSSR count). The molecule has 2 N–H and O–H groups in total. The van der Waals surface area contributed by atoms with Crippen molar-refractivity contribution in [1.29, 1.82) is 0 Å². The SMILES string of the molecule is COc1ccc(-c2ccc3c(N)c(C(=O)c4ccc(F)cc4)sc3n2)cc1OC. The second-order valence-electron chi connectivity index (χ2n) is 6.30. The number of pyridine rings is 1. The highest BCUT2D eigenvalue weighted by Crippen LogP contribution is 2.37. The Morgan fingerprint density at radius 2 is 1.72 bits per heavy atom. The van der Waals surface area contributed by atoms with Gasteiger partial charge in [0.2, 0.25) is 5.78 Å². The molecule has 0 spiro atoms. The lowest BCUT2D eigenvalue weighted by atomic mass is 10.1. The number of nitrogens with zero attached hydrogens (tertiary/aromatic N) is 1. The molecule has 5 nitrogen and oxygen atoms in total. The molecule has 7 heteroatoms. The van der Waals surface area contributed by atoms with Crippen LogP contribution in [0.15, 0.2) is 54.6 Å². The number of anilines is 1. The highest BCUT2D eigenvalue weighted by Gasteiger charge is 2.19. The third kappa shape index (κ3) is 3.40. The van der Waals surface area contributed by atoms with Crippen molar-refractivity contribution < 1.29 is 18.7 Å². The Morgan fingerprint density at radius 1 is 1.00 bits per heavy atom. The quantitative estimate of drug-likeness (QED) is 0.474. The van der Waals surface area contributed by atoms with E-state index in [1.54, 1.807) is 14.2 Å². The van der Waals surface area contributed by atoms with E-state index in [0.29, 0.717) is 37.8 Å². The van der Waals surface area contributed by atoms with Crippen molar-refractivity contribution in [1.82, 2.24) is 4.98 Å². The number of hydrogen-bond donors (Lipinski definition) is 1. The minimum atomic E-state index is -0.396. The zero-order valence-corrected chi connectivity index (χ0v) is 16.5. The van der Waals surface area contributed by atoms with Gasteiger partial charge in [0.1, 0.15) is 15.5 Å². The number of nitrogens with two attached hydrogens (primary N) is 1. The summed E-state index contributed by atoms with van der Waals surface area (Å²) in [5.41, 5.74) is 8.55. The fraction of sp³-hybridized carbons (Fsp3) is 0.0909. The minimum Gasteiger partial charge on any atom is -0.493 e. The van der Waals surface area contributed by atoms with Gasteiger partial charge < -0.3 is 15.2 Å². The summed E-state index contributed by atoms with van der Waals surface area (Å²) in [5.74, 6) is 0.583. The average molecular weight is 408 g/mol. The van der Waals surface area contributed by atoms with E-state index in [0.717, 1.165) is 11.3 Å². The number of carbonyl (C=O) groups excluding carboxylic acids is 1. The predicted octanol–water partition coefficient (Wildman–Crippen LogP) is 4.93. The zero-order chi connectivity index (χ0) is 20.5. The van der Waals surface area contributed by atoms with E-state index >= 15 is 0 Å². The van der Waals surface area contributed by atoms with Crippen molar-refractivity contribution in [2.75, 3.05) is 20.0 Å². The number of carbonyl (C=O) groups is 1. The van der Waals surface area contributed by atoms with Gasteiger partial charge in [-0.25, -0.2) is 9.37 Å². The first-order valence-corrected chi connectivity index (χ1v) is 9.55. The van der Waals surface area contributed by atoms with E-state index in [-0.39, 0.29) is 5.78 Å². The Balaban J connectivity index is 1.76. The number of nitrogen functional groups attached to an aromatic ring is 1. The van der Waals surface area contributed by atoms with Gasteiger partial charge in [0.25, 0.3) is 0 Å². The maximum absolute atomic E-state index is 13.1. The topological polar surface area (TPSA) is 74.4 Å². The minimum absolute atomic E-state index is 0.252. The Bertz CT molecular complexity index is 1220. The van der Waals surface area contributed by atoms with Crippen LogP contribution in [0.4, 0.5) is 10.1 Å². The molecule has 2 heterocycles. The summed E-state index contributed by atoms with van der Waals surface area (Å²) in [5, 5.41) is 0.713. The Kier molecular flexibility index (Phi) is 4.90. The van der Waals surface area contributed by atoms with Crippen molar-refractivity contribution in [2.45, 2.75) is 0 Å². The fourth-order valence-corrected chi connectivity index (χ4v) is 4.11. The highest BCUT2D eigenvalue weighted by molar-refractivity contribution is 7.21. The van der Waals surface area contributed by atoms with Crippen LogP contribution in [-0.4, -0.2) is 25.0 Å². The van der Waals surface area contributed by atoms with Gasteiger partial charge in [-0.3, -0.25) is 4.79 Å². The smallest absolute Gasteiger partial charge is 0.205 e. The number of benzene rings is 2. The number of ketones is 1. The molecule has 2 aromatic heterocycles. The van der Waals surface area contributed by atoms with Crippen molar-refractivity contribution in [3.05, 3.63) is 70.9 Å². The number of aromatic nitrogens is 1. The molecule has 0 atom stereocenters. The lowest BCUT2D eigenvalue weighted by molar-refractivity contribution is 0.104. The van der Waals surface area contributed by atoms with Gasteiger partial charge in [0, 0.05) is 16.5 Å². The molecule has 0 aliphatic carbocycles. The fourth-order valence-electron chi connectivity index (χ4n) is 3.05. The molecule has 0 fully saturated rings. The van der Waals surface area contributed by atoms with Crippen LogP contribution in [-0.2, 0) is 0 Å². The van der Waals surface area contributed by atoms with Crippen LogP contribution in [0.1, 0.15) is 15.2 Å². The summed E-state index contributed by atoms with van der Waals surface area (Å²) in [4.78, 5) is 18.5. The lowest BCUT2D eigenvalue weighted by Crippen LogP contribution is -2.01. The number of fused-ring (bicyclic) bond motifs is 1. The van der Waals surface area contributed by atoms with Crippen LogP contribution in [0.25, 0.3) is 21.5 Å². The molecule has 2 aromatic carbocycles. The summed E-state index contributed by atoms with van der Waals surface area (Å²) in [6, 6.07) is 14.6. The molecular weight excluding hydrogens is 391 g/mol. The van der Waals surface area contributed by atoms with E-state index in [9.17, 15) is 9.18 Å². The molecule has 0 saturated heterocycles. The first-order chi connectivity index (χ1) is 14.0. The van der Waals surface area contributed by atoms with Gasteiger partial charge in [-0.15, -0.1) is 11.3 Å². The molecule has 146 valence electrons. The summed E-state index contributed by atoms with van der Waals surface area (Å²) >= 11 is 1.22. The van der Waals surface area contributed by atoms with Crippen LogP contribution >= 0.6 is 11.3 Å². The largest absolute Gasteiger partial charge is 0.493 e. The molecule has 4 aromatic rings. The van der Waals surface area contributed by atoms with Crippen LogP contribution in [0.5, 0.6) is 11.5 Å². The Labute approximate surface area is 170 Å². The molecule has 0 bridgehead atoms. The van der Waals surface area contributed by atoms with E-state index < -0.39 is 5.82 Å². The van der Waals surface area contributed by atoms with Crippen LogP contribution in [0.2, 0.25) is 0 Å². The summed E-state index contributed by atoms with van der Waals surface area (Å²) < 4.78 is 23.8. The van der Waals surface area contributed by atoms with Gasteiger partial charge in [-0.05, 0) is 54.6 Å². The van der Waals surface area contributed by atoms with Crippen LogP contribution < -0.4 is 15.2 Å². The molecule has 0 amide bonds. The first-order valence-electron chi connectivity index (χ1n) is 8.73. The number of hydrogen-bond acceptors (Lipinski definition) is 6. The van der Waals surface area contributed by atoms with Gasteiger partial charge in [-0.2, -0.15) is 0 Å². The van der Waals surface area contributed by atoms with Gasteiger partial charge >= 0.3 is 0 Å². The third-order valence-electron chi connectivity index (χ3n) is 4.59. The highest BCUT2D eigenvalue weighted by atomic mass is 32.1. The second-order valence-corrected chi connectivity index (χ2v) is 7.30. The predicted molar refractivity (Wildman–Crippen MR) is 112 cm³/mol. The number of halogens is 1. The zero-order valence-electron chi connectivity index (χ0n) is 15.7. The van der Waals surface area contributed by atoms with Gasteiger partial charge in [0.05, 0.1) is 25.6 Å². The van der Waals surface area contributed by atoms with Gasteiger partial charge in [-0.1, -0.05) is 0 Å². The average Bonchev–Trinajstić information content (AvgIpc) is 3.09.